The first kappa shape index (κ1) is 17.3. The van der Waals surface area contributed by atoms with Gasteiger partial charge in [-0.05, 0) is 23.8 Å². The fraction of sp³-hybridized carbons (Fsp3) is 0.105. The Balaban J connectivity index is 1.86. The van der Waals surface area contributed by atoms with Crippen LogP contribution in [0.3, 0.4) is 0 Å². The number of halogens is 1. The fourth-order valence-electron chi connectivity index (χ4n) is 3.14. The Morgan fingerprint density at radius 1 is 1.04 bits per heavy atom. The van der Waals surface area contributed by atoms with Crippen LogP contribution in [0.1, 0.15) is 22.8 Å². The predicted molar refractivity (Wildman–Crippen MR) is 103 cm³/mol. The molecular formula is C19H14ClNO3S2. The van der Waals surface area contributed by atoms with Crippen molar-refractivity contribution in [3.8, 4) is 0 Å². The van der Waals surface area contributed by atoms with E-state index >= 15 is 0 Å². The van der Waals surface area contributed by atoms with Crippen LogP contribution in [0.4, 0.5) is 5.69 Å². The van der Waals surface area contributed by atoms with Crippen molar-refractivity contribution in [3.63, 3.8) is 0 Å². The Morgan fingerprint density at radius 3 is 2.46 bits per heavy atom. The molecule has 0 unspecified atom stereocenters. The Morgan fingerprint density at radius 2 is 1.73 bits per heavy atom. The van der Waals surface area contributed by atoms with Crippen molar-refractivity contribution in [1.82, 2.24) is 0 Å². The van der Waals surface area contributed by atoms with Crippen molar-refractivity contribution in [1.29, 1.82) is 0 Å². The third kappa shape index (κ3) is 2.84. The second-order valence-corrected chi connectivity index (χ2v) is 9.22. The lowest BCUT2D eigenvalue weighted by Gasteiger charge is -2.24. The summed E-state index contributed by atoms with van der Waals surface area (Å²) in [4.78, 5) is 13.4. The molecule has 0 saturated heterocycles. The van der Waals surface area contributed by atoms with E-state index in [0.29, 0.717) is 10.7 Å². The summed E-state index contributed by atoms with van der Waals surface area (Å²) in [5.41, 5.74) is 1.20. The Labute approximate surface area is 160 Å². The zero-order valence-corrected chi connectivity index (χ0v) is 15.9. The summed E-state index contributed by atoms with van der Waals surface area (Å²) in [6, 6.07) is 15.6. The van der Waals surface area contributed by atoms with Crippen LogP contribution in [0.5, 0.6) is 0 Å². The molecule has 3 aromatic rings. The lowest BCUT2D eigenvalue weighted by atomic mass is 9.90. The maximum atomic E-state index is 13.0. The number of thiophene rings is 1. The molecule has 132 valence electrons. The summed E-state index contributed by atoms with van der Waals surface area (Å²) < 4.78 is 26.0. The van der Waals surface area contributed by atoms with E-state index in [4.69, 9.17) is 11.6 Å². The van der Waals surface area contributed by atoms with Gasteiger partial charge in [-0.15, -0.1) is 11.3 Å². The summed E-state index contributed by atoms with van der Waals surface area (Å²) in [6.45, 7) is 0. The number of hydrogen-bond acceptors (Lipinski definition) is 4. The van der Waals surface area contributed by atoms with Gasteiger partial charge in [-0.1, -0.05) is 48.0 Å². The highest BCUT2D eigenvalue weighted by atomic mass is 35.5. The van der Waals surface area contributed by atoms with E-state index in [1.54, 1.807) is 41.8 Å². The van der Waals surface area contributed by atoms with Gasteiger partial charge in [-0.2, -0.15) is 0 Å². The molecule has 0 saturated carbocycles. The molecule has 2 heterocycles. The van der Waals surface area contributed by atoms with Crippen LogP contribution in [-0.4, -0.2) is 14.3 Å². The zero-order chi connectivity index (χ0) is 18.3. The molecular weight excluding hydrogens is 390 g/mol. The molecule has 1 aliphatic rings. The van der Waals surface area contributed by atoms with Crippen LogP contribution < -0.4 is 5.32 Å². The Bertz CT molecular complexity index is 1090. The third-order valence-electron chi connectivity index (χ3n) is 4.38. The molecule has 1 aromatic heterocycles. The number of amides is 1. The van der Waals surface area contributed by atoms with Gasteiger partial charge in [0.1, 0.15) is 4.90 Å². The van der Waals surface area contributed by atoms with Crippen LogP contribution in [0, 0.1) is 0 Å². The minimum atomic E-state index is -3.71. The third-order valence-corrected chi connectivity index (χ3v) is 7.76. The van der Waals surface area contributed by atoms with E-state index in [-0.39, 0.29) is 28.0 Å². The number of anilines is 1. The van der Waals surface area contributed by atoms with Gasteiger partial charge in [-0.25, -0.2) is 8.42 Å². The average Bonchev–Trinajstić information content (AvgIpc) is 3.07. The van der Waals surface area contributed by atoms with Crippen LogP contribution in [0.25, 0.3) is 0 Å². The predicted octanol–water partition coefficient (Wildman–Crippen LogP) is 4.71. The molecule has 7 heteroatoms. The van der Waals surface area contributed by atoms with E-state index in [0.717, 1.165) is 10.4 Å². The number of carbonyl (C=O) groups excluding carboxylic acids is 1. The van der Waals surface area contributed by atoms with Gasteiger partial charge in [0.25, 0.3) is 0 Å². The van der Waals surface area contributed by atoms with Crippen molar-refractivity contribution < 1.29 is 13.2 Å². The van der Waals surface area contributed by atoms with Crippen molar-refractivity contribution >= 4 is 44.4 Å². The fourth-order valence-corrected chi connectivity index (χ4v) is 6.33. The normalized spacial score (nSPS) is 16.8. The second-order valence-electron chi connectivity index (χ2n) is 5.98. The van der Waals surface area contributed by atoms with E-state index in [1.165, 1.54) is 11.3 Å². The van der Waals surface area contributed by atoms with Gasteiger partial charge in [0.2, 0.25) is 15.7 Å². The summed E-state index contributed by atoms with van der Waals surface area (Å²) in [5, 5.41) is 4.92. The van der Waals surface area contributed by atoms with Crippen molar-refractivity contribution in [2.24, 2.45) is 0 Å². The topological polar surface area (TPSA) is 63.2 Å². The highest BCUT2D eigenvalue weighted by molar-refractivity contribution is 7.91. The van der Waals surface area contributed by atoms with E-state index in [9.17, 15) is 13.2 Å². The number of benzene rings is 2. The van der Waals surface area contributed by atoms with E-state index in [2.05, 4.69) is 5.32 Å². The van der Waals surface area contributed by atoms with Crippen molar-refractivity contribution in [2.45, 2.75) is 22.1 Å². The largest absolute Gasteiger partial charge is 0.324 e. The van der Waals surface area contributed by atoms with Crippen molar-refractivity contribution in [2.75, 3.05) is 5.32 Å². The van der Waals surface area contributed by atoms with E-state index < -0.39 is 9.84 Å². The number of fused-ring (bicyclic) bond motifs is 1. The molecule has 4 rings (SSSR count). The van der Waals surface area contributed by atoms with Crippen LogP contribution in [0.15, 0.2) is 69.8 Å². The van der Waals surface area contributed by atoms with Gasteiger partial charge in [0.15, 0.2) is 0 Å². The smallest absolute Gasteiger partial charge is 0.225 e. The SMILES string of the molecule is O=C1C[C@@H](c2ccccc2Cl)c2scc(S(=O)(=O)c3ccccc3)c2N1. The molecule has 0 bridgehead atoms. The molecule has 1 aliphatic heterocycles. The highest BCUT2D eigenvalue weighted by Crippen LogP contribution is 2.47. The monoisotopic (exact) mass is 403 g/mol. The quantitative estimate of drug-likeness (QED) is 0.688. The zero-order valence-electron chi connectivity index (χ0n) is 13.5. The summed E-state index contributed by atoms with van der Waals surface area (Å²) in [7, 11) is -3.71. The lowest BCUT2D eigenvalue weighted by Crippen LogP contribution is -2.23. The van der Waals surface area contributed by atoms with Gasteiger partial charge in [0.05, 0.1) is 10.6 Å². The Hall–Kier alpha value is -2.15. The molecule has 0 aliphatic carbocycles. The first-order valence-corrected chi connectivity index (χ1v) is 10.7. The van der Waals surface area contributed by atoms with Gasteiger partial charge < -0.3 is 5.32 Å². The minimum absolute atomic E-state index is 0.133. The molecule has 1 amide bonds. The minimum Gasteiger partial charge on any atom is -0.324 e. The highest BCUT2D eigenvalue weighted by Gasteiger charge is 2.34. The average molecular weight is 404 g/mol. The lowest BCUT2D eigenvalue weighted by molar-refractivity contribution is -0.116. The van der Waals surface area contributed by atoms with Gasteiger partial charge >= 0.3 is 0 Å². The van der Waals surface area contributed by atoms with E-state index in [1.807, 2.05) is 18.2 Å². The van der Waals surface area contributed by atoms with Crippen LogP contribution in [-0.2, 0) is 14.6 Å². The first-order valence-electron chi connectivity index (χ1n) is 7.94. The molecule has 0 spiro atoms. The van der Waals surface area contributed by atoms with Crippen molar-refractivity contribution in [3.05, 3.63) is 75.4 Å². The number of carbonyl (C=O) groups is 1. The van der Waals surface area contributed by atoms with Crippen LogP contribution >= 0.6 is 22.9 Å². The molecule has 26 heavy (non-hydrogen) atoms. The molecule has 0 radical (unpaired) electrons. The number of hydrogen-bond donors (Lipinski definition) is 1. The van der Waals surface area contributed by atoms with Gasteiger partial charge in [-0.3, -0.25) is 4.79 Å². The maximum absolute atomic E-state index is 13.0. The summed E-state index contributed by atoms with van der Waals surface area (Å²) in [6.07, 6.45) is 0.238. The molecule has 0 fully saturated rings. The molecule has 4 nitrogen and oxygen atoms in total. The molecule has 2 aromatic carbocycles. The van der Waals surface area contributed by atoms with Crippen LogP contribution in [0.2, 0.25) is 5.02 Å². The number of rotatable bonds is 3. The Kier molecular flexibility index (Phi) is 4.34. The van der Waals surface area contributed by atoms with Gasteiger partial charge in [0, 0.05) is 27.6 Å². The molecule has 1 atom stereocenters. The number of nitrogens with one attached hydrogen (secondary N) is 1. The first-order chi connectivity index (χ1) is 12.5. The summed E-state index contributed by atoms with van der Waals surface area (Å²) in [5.74, 6) is -0.470. The standard InChI is InChI=1S/C19H14ClNO3S2/c20-15-9-5-4-8-13(15)14-10-17(22)21-18-16(11-25-19(14)18)26(23,24)12-6-2-1-3-7-12/h1-9,11,14H,10H2,(H,21,22)/t14-/m0/s1. The summed E-state index contributed by atoms with van der Waals surface area (Å²) >= 11 is 7.65. The number of sulfone groups is 1. The maximum Gasteiger partial charge on any atom is 0.225 e. The second kappa shape index (κ2) is 6.54. The molecule has 1 N–H and O–H groups in total.